The number of hydrogen-bond donors (Lipinski definition) is 2. The Balaban J connectivity index is 1.53. The largest absolute Gasteiger partial charge is 0.307 e. The molecule has 1 aliphatic rings. The van der Waals surface area contributed by atoms with Crippen molar-refractivity contribution < 1.29 is 0 Å². The summed E-state index contributed by atoms with van der Waals surface area (Å²) in [7, 11) is 0. The van der Waals surface area contributed by atoms with Crippen molar-refractivity contribution in [3.8, 4) is 11.4 Å². The van der Waals surface area contributed by atoms with Gasteiger partial charge in [-0.2, -0.15) is 10.1 Å². The second-order valence-electron chi connectivity index (χ2n) is 5.81. The van der Waals surface area contributed by atoms with E-state index in [1.165, 1.54) is 37.7 Å². The fourth-order valence-corrected chi connectivity index (χ4v) is 3.04. The highest BCUT2D eigenvalue weighted by atomic mass is 15.2. The van der Waals surface area contributed by atoms with Crippen LogP contribution in [0, 0.1) is 0 Å². The number of rotatable bonds is 4. The monoisotopic (exact) mass is 306 g/mol. The first-order valence-corrected chi connectivity index (χ1v) is 7.95. The third kappa shape index (κ3) is 3.06. The fraction of sp³-hybridized carbons (Fsp3) is 0.294. The van der Waals surface area contributed by atoms with Gasteiger partial charge in [-0.1, -0.05) is 43.2 Å². The van der Waals surface area contributed by atoms with Crippen LogP contribution in [0.15, 0.2) is 42.7 Å². The first-order valence-electron chi connectivity index (χ1n) is 7.95. The Morgan fingerprint density at radius 3 is 2.70 bits per heavy atom. The van der Waals surface area contributed by atoms with Gasteiger partial charge in [0.05, 0.1) is 0 Å². The molecule has 0 saturated heterocycles. The van der Waals surface area contributed by atoms with Crippen LogP contribution in [0.4, 0.5) is 11.8 Å². The lowest BCUT2D eigenvalue weighted by Gasteiger charge is -2.04. The van der Waals surface area contributed by atoms with Crippen molar-refractivity contribution in [2.24, 2.45) is 0 Å². The van der Waals surface area contributed by atoms with Crippen LogP contribution < -0.4 is 5.32 Å². The van der Waals surface area contributed by atoms with Crippen molar-refractivity contribution in [3.63, 3.8) is 0 Å². The smallest absolute Gasteiger partial charge is 0.231 e. The summed E-state index contributed by atoms with van der Waals surface area (Å²) in [5.41, 5.74) is 2.16. The van der Waals surface area contributed by atoms with Crippen LogP contribution in [-0.2, 0) is 0 Å². The van der Waals surface area contributed by atoms with E-state index in [0.717, 1.165) is 11.4 Å². The normalized spacial score (nSPS) is 15.0. The molecule has 0 aliphatic heterocycles. The van der Waals surface area contributed by atoms with Gasteiger partial charge in [0.1, 0.15) is 6.33 Å². The van der Waals surface area contributed by atoms with E-state index in [0.29, 0.717) is 17.7 Å². The summed E-state index contributed by atoms with van der Waals surface area (Å²) in [4.78, 5) is 12.9. The topological polar surface area (TPSA) is 79.4 Å². The summed E-state index contributed by atoms with van der Waals surface area (Å²) >= 11 is 0. The fourth-order valence-electron chi connectivity index (χ4n) is 3.04. The summed E-state index contributed by atoms with van der Waals surface area (Å²) in [5, 5.41) is 10.6. The van der Waals surface area contributed by atoms with Gasteiger partial charge in [-0.05, 0) is 12.8 Å². The van der Waals surface area contributed by atoms with Gasteiger partial charge >= 0.3 is 0 Å². The zero-order chi connectivity index (χ0) is 15.5. The Labute approximate surface area is 134 Å². The van der Waals surface area contributed by atoms with Crippen molar-refractivity contribution in [1.29, 1.82) is 0 Å². The van der Waals surface area contributed by atoms with E-state index in [-0.39, 0.29) is 0 Å². The van der Waals surface area contributed by atoms with Gasteiger partial charge in [-0.15, -0.1) is 0 Å². The van der Waals surface area contributed by atoms with Gasteiger partial charge in [0.15, 0.2) is 11.6 Å². The molecular formula is C17H18N6. The lowest BCUT2D eigenvalue weighted by molar-refractivity contribution is 0.693. The van der Waals surface area contributed by atoms with Gasteiger partial charge in [0, 0.05) is 23.2 Å². The predicted molar refractivity (Wildman–Crippen MR) is 88.3 cm³/mol. The summed E-state index contributed by atoms with van der Waals surface area (Å²) in [6.07, 6.45) is 6.61. The molecule has 0 unspecified atom stereocenters. The molecule has 1 aromatic carbocycles. The molecule has 6 nitrogen and oxygen atoms in total. The number of hydrogen-bond acceptors (Lipinski definition) is 5. The minimum absolute atomic E-state index is 0.503. The molecule has 1 fully saturated rings. The lowest BCUT2D eigenvalue weighted by Crippen LogP contribution is -2.00. The number of nitrogens with one attached hydrogen (secondary N) is 2. The first-order chi connectivity index (χ1) is 11.4. The van der Waals surface area contributed by atoms with Gasteiger partial charge in [0.2, 0.25) is 5.95 Å². The van der Waals surface area contributed by atoms with Crippen molar-refractivity contribution in [1.82, 2.24) is 25.1 Å². The standard InChI is InChI=1S/C17H18N6/c1-2-8-13(9-3-1)16-18-11-19-17(21-16)20-15-10-14(22-23-15)12-6-4-5-7-12/h1-3,8-12H,4-7H2,(H2,18,19,20,21,22,23). The average molecular weight is 306 g/mol. The summed E-state index contributed by atoms with van der Waals surface area (Å²) in [6, 6.07) is 11.9. The molecule has 0 bridgehead atoms. The number of benzene rings is 1. The van der Waals surface area contributed by atoms with Crippen LogP contribution in [0.1, 0.15) is 37.3 Å². The average Bonchev–Trinajstić information content (AvgIpc) is 3.27. The molecule has 6 heteroatoms. The van der Waals surface area contributed by atoms with Crippen LogP contribution in [0.3, 0.4) is 0 Å². The van der Waals surface area contributed by atoms with Gasteiger partial charge in [0.25, 0.3) is 0 Å². The number of aromatic amines is 1. The zero-order valence-electron chi connectivity index (χ0n) is 12.7. The number of anilines is 2. The lowest BCUT2D eigenvalue weighted by atomic mass is 10.0. The molecule has 2 N–H and O–H groups in total. The number of H-pyrrole nitrogens is 1. The maximum atomic E-state index is 4.46. The van der Waals surface area contributed by atoms with Crippen LogP contribution in [0.5, 0.6) is 0 Å². The summed E-state index contributed by atoms with van der Waals surface area (Å²) in [5.74, 6) is 2.51. The second-order valence-corrected chi connectivity index (χ2v) is 5.81. The molecule has 2 aromatic heterocycles. The van der Waals surface area contributed by atoms with E-state index in [4.69, 9.17) is 0 Å². The van der Waals surface area contributed by atoms with E-state index in [9.17, 15) is 0 Å². The first kappa shape index (κ1) is 13.9. The molecule has 2 heterocycles. The van der Waals surface area contributed by atoms with Crippen LogP contribution in [0.2, 0.25) is 0 Å². The highest BCUT2D eigenvalue weighted by Gasteiger charge is 2.19. The maximum absolute atomic E-state index is 4.46. The highest BCUT2D eigenvalue weighted by molar-refractivity contribution is 5.57. The SMILES string of the molecule is c1ccc(-c2ncnc(Nc3cc(C4CCCC4)[nH]n3)n2)cc1. The van der Waals surface area contributed by atoms with E-state index < -0.39 is 0 Å². The number of aromatic nitrogens is 5. The van der Waals surface area contributed by atoms with Gasteiger partial charge in [-0.3, -0.25) is 5.10 Å². The second kappa shape index (κ2) is 6.16. The van der Waals surface area contributed by atoms with Gasteiger partial charge in [-0.25, -0.2) is 9.97 Å². The van der Waals surface area contributed by atoms with Crippen LogP contribution in [0.25, 0.3) is 11.4 Å². The van der Waals surface area contributed by atoms with E-state index in [1.54, 1.807) is 0 Å². The Morgan fingerprint density at radius 1 is 1.04 bits per heavy atom. The summed E-state index contributed by atoms with van der Waals surface area (Å²) in [6.45, 7) is 0. The molecule has 23 heavy (non-hydrogen) atoms. The quantitative estimate of drug-likeness (QED) is 0.769. The molecule has 0 amide bonds. The van der Waals surface area contributed by atoms with E-state index >= 15 is 0 Å². The Morgan fingerprint density at radius 2 is 1.87 bits per heavy atom. The van der Waals surface area contributed by atoms with Crippen molar-refractivity contribution in [3.05, 3.63) is 48.4 Å². The molecular weight excluding hydrogens is 288 g/mol. The maximum Gasteiger partial charge on any atom is 0.231 e. The van der Waals surface area contributed by atoms with E-state index in [1.807, 2.05) is 30.3 Å². The highest BCUT2D eigenvalue weighted by Crippen LogP contribution is 2.33. The van der Waals surface area contributed by atoms with Crippen LogP contribution in [-0.4, -0.2) is 25.1 Å². The molecule has 3 aromatic rings. The Bertz CT molecular complexity index is 777. The molecule has 0 atom stereocenters. The minimum Gasteiger partial charge on any atom is -0.307 e. The Hall–Kier alpha value is -2.76. The number of nitrogens with zero attached hydrogens (tertiary/aromatic N) is 4. The van der Waals surface area contributed by atoms with Crippen molar-refractivity contribution in [2.75, 3.05) is 5.32 Å². The molecule has 0 spiro atoms. The van der Waals surface area contributed by atoms with Crippen molar-refractivity contribution in [2.45, 2.75) is 31.6 Å². The molecule has 1 saturated carbocycles. The zero-order valence-corrected chi connectivity index (χ0v) is 12.7. The van der Waals surface area contributed by atoms with Crippen LogP contribution >= 0.6 is 0 Å². The third-order valence-corrected chi connectivity index (χ3v) is 4.24. The molecule has 1 aliphatic carbocycles. The van der Waals surface area contributed by atoms with Gasteiger partial charge < -0.3 is 5.32 Å². The Kier molecular flexibility index (Phi) is 3.71. The third-order valence-electron chi connectivity index (χ3n) is 4.24. The minimum atomic E-state index is 0.503. The molecule has 116 valence electrons. The molecule has 4 rings (SSSR count). The summed E-state index contributed by atoms with van der Waals surface area (Å²) < 4.78 is 0. The molecule has 0 radical (unpaired) electrons. The van der Waals surface area contributed by atoms with Crippen molar-refractivity contribution >= 4 is 11.8 Å². The predicted octanol–water partition coefficient (Wildman–Crippen LogP) is 3.66. The van der Waals surface area contributed by atoms with E-state index in [2.05, 4.69) is 36.5 Å².